The Labute approximate surface area is 190 Å². The van der Waals surface area contributed by atoms with Crippen molar-refractivity contribution < 1.29 is 0 Å². The molecule has 2 N–H and O–H groups in total. The van der Waals surface area contributed by atoms with Crippen LogP contribution in [0.2, 0.25) is 0 Å². The highest BCUT2D eigenvalue weighted by Crippen LogP contribution is 2.31. The number of hydrogen-bond acceptors (Lipinski definition) is 5. The molecule has 5 aromatic rings. The van der Waals surface area contributed by atoms with Crippen LogP contribution in [0.1, 0.15) is 34.7 Å². The average molecular weight is 435 g/mol. The minimum Gasteiger partial charge on any atom is -0.321 e. The fourth-order valence-electron chi connectivity index (χ4n) is 4.39. The molecule has 5 rings (SSSR count). The van der Waals surface area contributed by atoms with Crippen molar-refractivity contribution in [2.24, 2.45) is 5.10 Å². The molecule has 7 heteroatoms. The molecule has 0 spiro atoms. The number of hydrogen-bond donors (Lipinski definition) is 2. The zero-order valence-corrected chi connectivity index (χ0v) is 18.6. The van der Waals surface area contributed by atoms with Gasteiger partial charge in [-0.05, 0) is 60.5 Å². The van der Waals surface area contributed by atoms with Crippen LogP contribution < -0.4 is 11.0 Å². The molecule has 0 aliphatic carbocycles. The summed E-state index contributed by atoms with van der Waals surface area (Å²) < 4.78 is 1.94. The largest absolute Gasteiger partial charge is 0.321 e. The molecule has 33 heavy (non-hydrogen) atoms. The van der Waals surface area contributed by atoms with Crippen molar-refractivity contribution in [1.29, 1.82) is 5.26 Å². The molecule has 0 bridgehead atoms. The summed E-state index contributed by atoms with van der Waals surface area (Å²) in [5.41, 5.74) is 9.92. The van der Waals surface area contributed by atoms with Crippen LogP contribution in [0.5, 0.6) is 0 Å². The molecule has 7 nitrogen and oxygen atoms in total. The van der Waals surface area contributed by atoms with Gasteiger partial charge in [-0.1, -0.05) is 37.3 Å². The zero-order valence-electron chi connectivity index (χ0n) is 18.6. The number of benzene rings is 2. The number of aryl methyl sites for hydroxylation is 1. The topological polar surface area (TPSA) is 98.3 Å². The Morgan fingerprint density at radius 3 is 2.82 bits per heavy atom. The molecule has 0 amide bonds. The molecule has 0 aliphatic rings. The first-order chi connectivity index (χ1) is 16.0. The molecule has 2 aromatic carbocycles. The van der Waals surface area contributed by atoms with E-state index in [0.29, 0.717) is 23.2 Å². The maximum atomic E-state index is 12.6. The van der Waals surface area contributed by atoms with E-state index in [9.17, 15) is 10.1 Å². The number of aromatic nitrogens is 3. The molecule has 0 unspecified atom stereocenters. The van der Waals surface area contributed by atoms with Crippen molar-refractivity contribution in [3.05, 3.63) is 86.7 Å². The first-order valence-electron chi connectivity index (χ1n) is 10.8. The van der Waals surface area contributed by atoms with Gasteiger partial charge in [0.2, 0.25) is 0 Å². The van der Waals surface area contributed by atoms with E-state index in [0.717, 1.165) is 44.4 Å². The minimum atomic E-state index is -0.202. The third-order valence-electron chi connectivity index (χ3n) is 6.08. The molecule has 162 valence electrons. The van der Waals surface area contributed by atoms with Gasteiger partial charge in [-0.15, -0.1) is 0 Å². The predicted octanol–water partition coefficient (Wildman–Crippen LogP) is 4.83. The predicted molar refractivity (Wildman–Crippen MR) is 132 cm³/mol. The van der Waals surface area contributed by atoms with Gasteiger partial charge in [0, 0.05) is 0 Å². The number of para-hydroxylation sites is 3. The van der Waals surface area contributed by atoms with Crippen molar-refractivity contribution >= 4 is 39.6 Å². The third-order valence-corrected chi connectivity index (χ3v) is 6.08. The van der Waals surface area contributed by atoms with E-state index >= 15 is 0 Å². The van der Waals surface area contributed by atoms with Crippen molar-refractivity contribution in [2.45, 2.75) is 27.2 Å². The number of pyridine rings is 2. The summed E-state index contributed by atoms with van der Waals surface area (Å²) >= 11 is 0. The third kappa shape index (κ3) is 3.24. The highest BCUT2D eigenvalue weighted by atomic mass is 16.1. The highest BCUT2D eigenvalue weighted by molar-refractivity contribution is 5.90. The monoisotopic (exact) mass is 434 g/mol. The normalized spacial score (nSPS) is 11.6. The van der Waals surface area contributed by atoms with E-state index in [1.807, 2.05) is 73.7 Å². The van der Waals surface area contributed by atoms with E-state index in [-0.39, 0.29) is 5.56 Å². The van der Waals surface area contributed by atoms with Gasteiger partial charge in [0.1, 0.15) is 11.9 Å². The molecule has 3 heterocycles. The zero-order chi connectivity index (χ0) is 23.1. The summed E-state index contributed by atoms with van der Waals surface area (Å²) in [6.07, 6.45) is 2.23. The number of rotatable bonds is 4. The smallest absolute Gasteiger partial charge is 0.257 e. The van der Waals surface area contributed by atoms with E-state index in [2.05, 4.69) is 21.6 Å². The molecule has 0 aliphatic heterocycles. The lowest BCUT2D eigenvalue weighted by Crippen LogP contribution is -2.13. The summed E-state index contributed by atoms with van der Waals surface area (Å²) in [6.45, 7) is 5.94. The van der Waals surface area contributed by atoms with Gasteiger partial charge in [0.05, 0.1) is 33.9 Å². The van der Waals surface area contributed by atoms with Crippen LogP contribution in [0.25, 0.3) is 27.6 Å². The SMILES string of the molecule is CCc1c(C)c(C#N)c2nc3ccccc3n2c1NN=Cc1cc2cccc(C)c2[nH]c1=O. The quantitative estimate of drug-likeness (QED) is 0.313. The Balaban J connectivity index is 1.66. The molecule has 0 fully saturated rings. The second-order valence-electron chi connectivity index (χ2n) is 8.01. The van der Waals surface area contributed by atoms with E-state index in [1.54, 1.807) is 0 Å². The number of fused-ring (bicyclic) bond motifs is 4. The summed E-state index contributed by atoms with van der Waals surface area (Å²) in [5.74, 6) is 0.738. The maximum absolute atomic E-state index is 12.6. The van der Waals surface area contributed by atoms with Crippen LogP contribution in [0.3, 0.4) is 0 Å². The van der Waals surface area contributed by atoms with E-state index in [1.165, 1.54) is 6.21 Å². The Kier molecular flexibility index (Phi) is 4.91. The maximum Gasteiger partial charge on any atom is 0.257 e. The first kappa shape index (κ1) is 20.5. The number of imidazole rings is 1. The second-order valence-corrected chi connectivity index (χ2v) is 8.01. The molecular formula is C26H22N6O. The lowest BCUT2D eigenvalue weighted by molar-refractivity contribution is 1.04. The van der Waals surface area contributed by atoms with Crippen molar-refractivity contribution in [1.82, 2.24) is 14.4 Å². The van der Waals surface area contributed by atoms with Crippen LogP contribution in [-0.2, 0) is 6.42 Å². The van der Waals surface area contributed by atoms with Gasteiger partial charge in [-0.2, -0.15) is 10.4 Å². The fraction of sp³-hybridized carbons (Fsp3) is 0.154. The fourth-order valence-corrected chi connectivity index (χ4v) is 4.39. The summed E-state index contributed by atoms with van der Waals surface area (Å²) in [4.78, 5) is 20.3. The molecule has 3 aromatic heterocycles. The number of nitriles is 1. The van der Waals surface area contributed by atoms with Crippen molar-refractivity contribution in [3.8, 4) is 6.07 Å². The van der Waals surface area contributed by atoms with Gasteiger partial charge in [0.25, 0.3) is 5.56 Å². The van der Waals surface area contributed by atoms with Crippen LogP contribution in [-0.4, -0.2) is 20.6 Å². The molecule has 0 saturated carbocycles. The lowest BCUT2D eigenvalue weighted by Gasteiger charge is -2.15. The van der Waals surface area contributed by atoms with Gasteiger partial charge in [-0.3, -0.25) is 14.6 Å². The Bertz CT molecular complexity index is 1680. The van der Waals surface area contributed by atoms with Gasteiger partial charge >= 0.3 is 0 Å². The Morgan fingerprint density at radius 2 is 2.03 bits per heavy atom. The van der Waals surface area contributed by atoms with Crippen LogP contribution in [0.15, 0.2) is 58.4 Å². The number of nitrogens with one attached hydrogen (secondary N) is 2. The van der Waals surface area contributed by atoms with Crippen LogP contribution in [0, 0.1) is 25.2 Å². The highest BCUT2D eigenvalue weighted by Gasteiger charge is 2.19. The average Bonchev–Trinajstić information content (AvgIpc) is 3.19. The number of hydrazone groups is 1. The summed E-state index contributed by atoms with van der Waals surface area (Å²) in [5, 5.41) is 15.2. The molecule has 0 atom stereocenters. The lowest BCUT2D eigenvalue weighted by atomic mass is 10.0. The Morgan fingerprint density at radius 1 is 1.21 bits per heavy atom. The van der Waals surface area contributed by atoms with Crippen LogP contribution in [0.4, 0.5) is 5.82 Å². The summed E-state index contributed by atoms with van der Waals surface area (Å²) in [6, 6.07) is 17.8. The van der Waals surface area contributed by atoms with Crippen LogP contribution >= 0.6 is 0 Å². The van der Waals surface area contributed by atoms with E-state index in [4.69, 9.17) is 4.98 Å². The van der Waals surface area contributed by atoms with Gasteiger partial charge < -0.3 is 4.98 Å². The molecular weight excluding hydrogens is 412 g/mol. The number of anilines is 1. The standard InChI is InChI=1S/C26H22N6O/c1-4-19-16(3)20(13-27)24-29-21-10-5-6-11-22(21)32(24)25(19)31-28-14-18-12-17-9-7-8-15(2)23(17)30-26(18)33/h5-12,14,31H,4H2,1-3H3,(H,30,33). The molecule has 0 radical (unpaired) electrons. The van der Waals surface area contributed by atoms with E-state index < -0.39 is 0 Å². The minimum absolute atomic E-state index is 0.202. The summed E-state index contributed by atoms with van der Waals surface area (Å²) in [7, 11) is 0. The van der Waals surface area contributed by atoms with Crippen molar-refractivity contribution in [3.63, 3.8) is 0 Å². The number of H-pyrrole nitrogens is 1. The Hall–Kier alpha value is -4.44. The van der Waals surface area contributed by atoms with Gasteiger partial charge in [0.15, 0.2) is 5.65 Å². The second kappa shape index (κ2) is 7.92. The first-order valence-corrected chi connectivity index (χ1v) is 10.8. The molecule has 0 saturated heterocycles. The van der Waals surface area contributed by atoms with Crippen molar-refractivity contribution in [2.75, 3.05) is 5.43 Å². The van der Waals surface area contributed by atoms with Gasteiger partial charge in [-0.25, -0.2) is 4.98 Å². The number of aromatic amines is 1. The number of nitrogens with zero attached hydrogens (tertiary/aromatic N) is 4.